The third-order valence-corrected chi connectivity index (χ3v) is 2.41. The van der Waals surface area contributed by atoms with Gasteiger partial charge in [0.1, 0.15) is 0 Å². The number of benzene rings is 1. The Balaban J connectivity index is 3.09. The van der Waals surface area contributed by atoms with E-state index in [1.807, 2.05) is 13.8 Å². The summed E-state index contributed by atoms with van der Waals surface area (Å²) < 4.78 is 4.92. The van der Waals surface area contributed by atoms with Gasteiger partial charge in [-0.05, 0) is 44.0 Å². The summed E-state index contributed by atoms with van der Waals surface area (Å²) in [5.41, 5.74) is 2.33. The van der Waals surface area contributed by atoms with E-state index in [1.54, 1.807) is 19.1 Å². The van der Waals surface area contributed by atoms with Gasteiger partial charge in [0, 0.05) is 5.02 Å². The van der Waals surface area contributed by atoms with Crippen LogP contribution in [0, 0.1) is 13.8 Å². The summed E-state index contributed by atoms with van der Waals surface area (Å²) in [6.07, 6.45) is 0. The van der Waals surface area contributed by atoms with Crippen LogP contribution in [0.2, 0.25) is 5.02 Å². The van der Waals surface area contributed by atoms with Gasteiger partial charge in [-0.15, -0.1) is 0 Å². The number of rotatable bonds is 2. The number of hydrogen-bond donors (Lipinski definition) is 0. The average Bonchev–Trinajstić information content (AvgIpc) is 2.11. The van der Waals surface area contributed by atoms with Gasteiger partial charge in [0.15, 0.2) is 0 Å². The van der Waals surface area contributed by atoms with Gasteiger partial charge < -0.3 is 4.74 Å². The van der Waals surface area contributed by atoms with Crippen LogP contribution in [-0.2, 0) is 4.74 Å². The highest BCUT2D eigenvalue weighted by molar-refractivity contribution is 6.31. The Morgan fingerprint density at radius 3 is 2.57 bits per heavy atom. The maximum absolute atomic E-state index is 11.5. The summed E-state index contributed by atoms with van der Waals surface area (Å²) in [5, 5.41) is 0.676. The lowest BCUT2D eigenvalue weighted by Gasteiger charge is -2.07. The molecule has 0 unspecified atom stereocenters. The van der Waals surface area contributed by atoms with E-state index in [9.17, 15) is 4.79 Å². The molecule has 0 N–H and O–H groups in total. The van der Waals surface area contributed by atoms with Crippen LogP contribution in [0.1, 0.15) is 28.4 Å². The van der Waals surface area contributed by atoms with Crippen molar-refractivity contribution in [2.24, 2.45) is 0 Å². The van der Waals surface area contributed by atoms with E-state index < -0.39 is 0 Å². The number of halogens is 1. The lowest BCUT2D eigenvalue weighted by molar-refractivity contribution is 0.0525. The molecule has 0 fully saturated rings. The van der Waals surface area contributed by atoms with Crippen molar-refractivity contribution in [3.05, 3.63) is 33.8 Å². The minimum absolute atomic E-state index is 0.287. The van der Waals surface area contributed by atoms with E-state index in [0.29, 0.717) is 17.2 Å². The fourth-order valence-corrected chi connectivity index (χ4v) is 1.43. The van der Waals surface area contributed by atoms with Crippen molar-refractivity contribution in [2.45, 2.75) is 20.8 Å². The Morgan fingerprint density at radius 2 is 2.00 bits per heavy atom. The first-order valence-corrected chi connectivity index (χ1v) is 4.88. The van der Waals surface area contributed by atoms with Gasteiger partial charge in [0.05, 0.1) is 12.2 Å². The quantitative estimate of drug-likeness (QED) is 0.704. The molecule has 0 aliphatic carbocycles. The van der Waals surface area contributed by atoms with E-state index in [4.69, 9.17) is 16.3 Å². The molecule has 0 amide bonds. The molecule has 1 rings (SSSR count). The normalized spacial score (nSPS) is 10.0. The summed E-state index contributed by atoms with van der Waals surface area (Å²) in [5.74, 6) is -0.287. The molecule has 0 aromatic heterocycles. The first kappa shape index (κ1) is 11.1. The van der Waals surface area contributed by atoms with Crippen molar-refractivity contribution in [3.63, 3.8) is 0 Å². The molecular formula is C11H13ClO2. The summed E-state index contributed by atoms with van der Waals surface area (Å²) >= 11 is 5.92. The smallest absolute Gasteiger partial charge is 0.338 e. The lowest BCUT2D eigenvalue weighted by Crippen LogP contribution is -2.07. The van der Waals surface area contributed by atoms with Gasteiger partial charge in [0.25, 0.3) is 0 Å². The van der Waals surface area contributed by atoms with E-state index in [-0.39, 0.29) is 5.97 Å². The Morgan fingerprint density at radius 1 is 1.36 bits per heavy atom. The molecule has 0 aliphatic rings. The number of carbonyl (C=O) groups excluding carboxylic acids is 1. The van der Waals surface area contributed by atoms with Crippen LogP contribution in [0.5, 0.6) is 0 Å². The minimum atomic E-state index is -0.287. The second-order valence-corrected chi connectivity index (χ2v) is 3.54. The highest BCUT2D eigenvalue weighted by Gasteiger charge is 2.11. The van der Waals surface area contributed by atoms with Crippen molar-refractivity contribution in [1.29, 1.82) is 0 Å². The zero-order chi connectivity index (χ0) is 10.7. The highest BCUT2D eigenvalue weighted by Crippen LogP contribution is 2.20. The van der Waals surface area contributed by atoms with Crippen LogP contribution in [0.3, 0.4) is 0 Å². The minimum Gasteiger partial charge on any atom is -0.462 e. The maximum atomic E-state index is 11.5. The van der Waals surface area contributed by atoms with Gasteiger partial charge in [-0.1, -0.05) is 11.6 Å². The van der Waals surface area contributed by atoms with Crippen molar-refractivity contribution in [3.8, 4) is 0 Å². The van der Waals surface area contributed by atoms with Crippen LogP contribution in [0.15, 0.2) is 12.1 Å². The van der Waals surface area contributed by atoms with Crippen LogP contribution < -0.4 is 0 Å². The van der Waals surface area contributed by atoms with Crippen molar-refractivity contribution in [2.75, 3.05) is 6.61 Å². The van der Waals surface area contributed by atoms with Crippen LogP contribution in [0.25, 0.3) is 0 Å². The molecule has 1 aromatic carbocycles. The second-order valence-electron chi connectivity index (χ2n) is 3.14. The third-order valence-electron chi connectivity index (χ3n) is 2.00. The molecule has 0 saturated heterocycles. The third kappa shape index (κ3) is 2.26. The standard InChI is InChI=1S/C11H13ClO2/c1-4-14-11(13)9-5-8(3)10(12)6-7(9)2/h5-6H,4H2,1-3H3. The summed E-state index contributed by atoms with van der Waals surface area (Å²) in [6, 6.07) is 3.54. The second kappa shape index (κ2) is 4.47. The Labute approximate surface area is 88.8 Å². The van der Waals surface area contributed by atoms with E-state index >= 15 is 0 Å². The monoisotopic (exact) mass is 212 g/mol. The van der Waals surface area contributed by atoms with Gasteiger partial charge in [-0.2, -0.15) is 0 Å². The number of esters is 1. The molecule has 76 valence electrons. The van der Waals surface area contributed by atoms with Gasteiger partial charge in [0.2, 0.25) is 0 Å². The number of hydrogen-bond acceptors (Lipinski definition) is 2. The summed E-state index contributed by atoms with van der Waals surface area (Å²) in [6.45, 7) is 5.89. The molecule has 0 radical (unpaired) electrons. The van der Waals surface area contributed by atoms with Crippen molar-refractivity contribution in [1.82, 2.24) is 0 Å². The zero-order valence-corrected chi connectivity index (χ0v) is 9.31. The van der Waals surface area contributed by atoms with Crippen molar-refractivity contribution < 1.29 is 9.53 Å². The van der Waals surface area contributed by atoms with Crippen molar-refractivity contribution >= 4 is 17.6 Å². The molecule has 0 spiro atoms. The Kier molecular flexibility index (Phi) is 3.53. The lowest BCUT2D eigenvalue weighted by atomic mass is 10.1. The summed E-state index contributed by atoms with van der Waals surface area (Å²) in [4.78, 5) is 11.5. The molecule has 2 nitrogen and oxygen atoms in total. The van der Waals surface area contributed by atoms with Crippen LogP contribution in [0.4, 0.5) is 0 Å². The predicted molar refractivity (Wildman–Crippen MR) is 56.9 cm³/mol. The summed E-state index contributed by atoms with van der Waals surface area (Å²) in [7, 11) is 0. The maximum Gasteiger partial charge on any atom is 0.338 e. The van der Waals surface area contributed by atoms with Crippen LogP contribution in [-0.4, -0.2) is 12.6 Å². The molecule has 0 heterocycles. The SMILES string of the molecule is CCOC(=O)c1cc(C)c(Cl)cc1C. The van der Waals surface area contributed by atoms with Gasteiger partial charge >= 0.3 is 5.97 Å². The molecule has 0 saturated carbocycles. The largest absolute Gasteiger partial charge is 0.462 e. The Hall–Kier alpha value is -1.02. The molecule has 3 heteroatoms. The first-order valence-electron chi connectivity index (χ1n) is 4.50. The van der Waals surface area contributed by atoms with E-state index in [2.05, 4.69) is 0 Å². The molecule has 0 atom stereocenters. The number of aryl methyl sites for hydroxylation is 2. The fourth-order valence-electron chi connectivity index (χ4n) is 1.21. The highest BCUT2D eigenvalue weighted by atomic mass is 35.5. The fraction of sp³-hybridized carbons (Fsp3) is 0.364. The predicted octanol–water partition coefficient (Wildman–Crippen LogP) is 3.13. The van der Waals surface area contributed by atoms with E-state index in [1.165, 1.54) is 0 Å². The molecular weight excluding hydrogens is 200 g/mol. The number of ether oxygens (including phenoxy) is 1. The van der Waals surface area contributed by atoms with E-state index in [0.717, 1.165) is 11.1 Å². The average molecular weight is 213 g/mol. The molecule has 14 heavy (non-hydrogen) atoms. The van der Waals surface area contributed by atoms with Gasteiger partial charge in [-0.25, -0.2) is 4.79 Å². The molecule has 1 aromatic rings. The topological polar surface area (TPSA) is 26.3 Å². The molecule has 0 bridgehead atoms. The first-order chi connectivity index (χ1) is 6.56. The zero-order valence-electron chi connectivity index (χ0n) is 8.56. The van der Waals surface area contributed by atoms with Crippen LogP contribution >= 0.6 is 11.6 Å². The molecule has 0 aliphatic heterocycles. The number of carbonyl (C=O) groups is 1. The Bertz CT molecular complexity index is 359. The van der Waals surface area contributed by atoms with Gasteiger partial charge in [-0.3, -0.25) is 0 Å².